The second-order valence-electron chi connectivity index (χ2n) is 6.03. The van der Waals surface area contributed by atoms with Crippen LogP contribution in [0.4, 0.5) is 4.79 Å². The number of urea groups is 1. The van der Waals surface area contributed by atoms with Crippen LogP contribution in [0.5, 0.6) is 0 Å². The van der Waals surface area contributed by atoms with Crippen molar-refractivity contribution in [1.82, 2.24) is 10.2 Å². The molecule has 27 heavy (non-hydrogen) atoms. The van der Waals surface area contributed by atoms with Crippen LogP contribution in [0.25, 0.3) is 5.70 Å². The Kier molecular flexibility index (Phi) is 5.96. The third-order valence-corrected chi connectivity index (χ3v) is 4.86. The maximum atomic E-state index is 12.9. The lowest BCUT2D eigenvalue weighted by Crippen LogP contribution is -2.47. The lowest BCUT2D eigenvalue weighted by Gasteiger charge is -2.36. The van der Waals surface area contributed by atoms with Gasteiger partial charge >= 0.3 is 12.0 Å². The summed E-state index contributed by atoms with van der Waals surface area (Å²) in [5.41, 5.74) is 2.63. The van der Waals surface area contributed by atoms with Crippen LogP contribution in [0.15, 0.2) is 64.6 Å². The van der Waals surface area contributed by atoms with Crippen molar-refractivity contribution in [3.05, 3.63) is 75.8 Å². The molecule has 140 valence electrons. The Hall–Kier alpha value is -2.60. The van der Waals surface area contributed by atoms with Crippen LogP contribution in [0, 0.1) is 0 Å². The largest absolute Gasteiger partial charge is 0.463 e. The first-order chi connectivity index (χ1) is 13.1. The topological polar surface area (TPSA) is 58.6 Å². The second kappa shape index (κ2) is 8.39. The van der Waals surface area contributed by atoms with E-state index in [4.69, 9.17) is 4.74 Å². The van der Waals surface area contributed by atoms with Crippen LogP contribution in [-0.2, 0) is 9.53 Å². The third kappa shape index (κ3) is 3.90. The third-order valence-electron chi connectivity index (χ3n) is 4.37. The van der Waals surface area contributed by atoms with Gasteiger partial charge in [0.2, 0.25) is 0 Å². The Morgan fingerprint density at radius 2 is 1.89 bits per heavy atom. The first kappa shape index (κ1) is 19.2. The van der Waals surface area contributed by atoms with E-state index < -0.39 is 12.0 Å². The fourth-order valence-corrected chi connectivity index (χ4v) is 3.64. The molecule has 1 heterocycles. The molecule has 0 bridgehead atoms. The number of halogens is 1. The maximum Gasteiger partial charge on any atom is 0.338 e. The number of carbonyl (C=O) groups excluding carboxylic acids is 2. The summed E-state index contributed by atoms with van der Waals surface area (Å²) in [7, 11) is 0. The van der Waals surface area contributed by atoms with E-state index in [-0.39, 0.29) is 12.6 Å². The van der Waals surface area contributed by atoms with Crippen molar-refractivity contribution in [3.8, 4) is 0 Å². The van der Waals surface area contributed by atoms with Crippen molar-refractivity contribution in [2.75, 3.05) is 13.2 Å². The van der Waals surface area contributed by atoms with Gasteiger partial charge in [0.05, 0.1) is 23.9 Å². The van der Waals surface area contributed by atoms with Crippen molar-refractivity contribution in [2.45, 2.75) is 19.9 Å². The highest BCUT2D eigenvalue weighted by Crippen LogP contribution is 2.37. The molecule has 0 spiro atoms. The minimum Gasteiger partial charge on any atom is -0.463 e. The van der Waals surface area contributed by atoms with E-state index >= 15 is 0 Å². The van der Waals surface area contributed by atoms with E-state index in [1.807, 2.05) is 61.5 Å². The van der Waals surface area contributed by atoms with Crippen LogP contribution < -0.4 is 5.32 Å². The summed E-state index contributed by atoms with van der Waals surface area (Å²) >= 11 is 3.46. The molecule has 1 unspecified atom stereocenters. The number of esters is 1. The molecule has 1 N–H and O–H groups in total. The van der Waals surface area contributed by atoms with Gasteiger partial charge < -0.3 is 10.1 Å². The Morgan fingerprint density at radius 3 is 2.52 bits per heavy atom. The molecule has 3 rings (SSSR count). The first-order valence-corrected chi connectivity index (χ1v) is 9.66. The van der Waals surface area contributed by atoms with E-state index in [1.165, 1.54) is 0 Å². The smallest absolute Gasteiger partial charge is 0.338 e. The van der Waals surface area contributed by atoms with Gasteiger partial charge in [0.15, 0.2) is 0 Å². The molecule has 2 aromatic rings. The number of amides is 2. The van der Waals surface area contributed by atoms with Gasteiger partial charge in [-0.25, -0.2) is 9.59 Å². The van der Waals surface area contributed by atoms with Crippen molar-refractivity contribution in [3.63, 3.8) is 0 Å². The summed E-state index contributed by atoms with van der Waals surface area (Å²) in [6, 6.07) is 16.2. The van der Waals surface area contributed by atoms with Gasteiger partial charge in [-0.3, -0.25) is 4.90 Å². The van der Waals surface area contributed by atoms with Crippen molar-refractivity contribution >= 4 is 33.6 Å². The highest BCUT2D eigenvalue weighted by atomic mass is 79.9. The van der Waals surface area contributed by atoms with Gasteiger partial charge in [-0.2, -0.15) is 0 Å². The quantitative estimate of drug-likeness (QED) is 0.712. The van der Waals surface area contributed by atoms with Gasteiger partial charge in [-0.05, 0) is 37.1 Å². The van der Waals surface area contributed by atoms with Crippen LogP contribution in [0.3, 0.4) is 0 Å². The van der Waals surface area contributed by atoms with E-state index in [1.54, 1.807) is 11.8 Å². The zero-order chi connectivity index (χ0) is 19.4. The fraction of sp³-hybridized carbons (Fsp3) is 0.238. The summed E-state index contributed by atoms with van der Waals surface area (Å²) in [4.78, 5) is 27.3. The normalized spacial score (nSPS) is 16.9. The molecule has 5 nitrogen and oxygen atoms in total. The minimum atomic E-state index is -0.591. The highest BCUT2D eigenvalue weighted by Gasteiger charge is 2.38. The maximum absolute atomic E-state index is 12.9. The number of nitrogens with zero attached hydrogens (tertiary/aromatic N) is 1. The molecule has 1 aliphatic rings. The number of rotatable bonds is 5. The second-order valence-corrected chi connectivity index (χ2v) is 6.95. The molecular weight excluding hydrogens is 408 g/mol. The zero-order valence-corrected chi connectivity index (χ0v) is 16.8. The summed E-state index contributed by atoms with van der Waals surface area (Å²) in [5.74, 6) is -0.431. The minimum absolute atomic E-state index is 0.241. The highest BCUT2D eigenvalue weighted by molar-refractivity contribution is 9.10. The van der Waals surface area contributed by atoms with Crippen molar-refractivity contribution in [2.24, 2.45) is 0 Å². The van der Waals surface area contributed by atoms with Gasteiger partial charge in [0.1, 0.15) is 0 Å². The van der Waals surface area contributed by atoms with Crippen molar-refractivity contribution in [1.29, 1.82) is 0 Å². The lowest BCUT2D eigenvalue weighted by molar-refractivity contribution is -0.138. The molecule has 0 radical (unpaired) electrons. The van der Waals surface area contributed by atoms with E-state index in [9.17, 15) is 9.59 Å². The molecule has 0 aromatic heterocycles. The number of carbonyl (C=O) groups is 2. The Balaban J connectivity index is 2.26. The number of hydrogen-bond acceptors (Lipinski definition) is 3. The van der Waals surface area contributed by atoms with Crippen LogP contribution in [0.1, 0.15) is 31.0 Å². The molecule has 6 heteroatoms. The molecule has 0 aliphatic carbocycles. The number of hydrogen-bond donors (Lipinski definition) is 1. The van der Waals surface area contributed by atoms with Gasteiger partial charge in [0, 0.05) is 11.0 Å². The Labute approximate surface area is 167 Å². The summed E-state index contributed by atoms with van der Waals surface area (Å²) in [6.45, 7) is 4.35. The molecule has 2 amide bonds. The Morgan fingerprint density at radius 1 is 1.15 bits per heavy atom. The van der Waals surface area contributed by atoms with Crippen LogP contribution >= 0.6 is 15.9 Å². The predicted octanol–water partition coefficient (Wildman–Crippen LogP) is 4.51. The number of benzene rings is 2. The van der Waals surface area contributed by atoms with E-state index in [2.05, 4.69) is 21.2 Å². The summed E-state index contributed by atoms with van der Waals surface area (Å²) in [6.07, 6.45) is 0. The summed E-state index contributed by atoms with van der Waals surface area (Å²) in [5, 5.41) is 2.96. The zero-order valence-electron chi connectivity index (χ0n) is 15.2. The van der Waals surface area contributed by atoms with Crippen LogP contribution in [-0.4, -0.2) is 30.1 Å². The molecular formula is C21H21BrN2O3. The predicted molar refractivity (Wildman–Crippen MR) is 108 cm³/mol. The lowest BCUT2D eigenvalue weighted by atomic mass is 9.92. The van der Waals surface area contributed by atoms with E-state index in [0.717, 1.165) is 15.6 Å². The molecule has 0 saturated carbocycles. The van der Waals surface area contributed by atoms with E-state index in [0.29, 0.717) is 17.8 Å². The average molecular weight is 429 g/mol. The van der Waals surface area contributed by atoms with Gasteiger partial charge in [-0.15, -0.1) is 0 Å². The molecule has 1 atom stereocenters. The Bertz CT molecular complexity index is 880. The molecule has 1 aliphatic heterocycles. The summed E-state index contributed by atoms with van der Waals surface area (Å²) < 4.78 is 6.23. The number of nitrogens with one attached hydrogen (secondary N) is 1. The molecule has 0 fully saturated rings. The number of ether oxygens (including phenoxy) is 1. The SMILES string of the molecule is CCOC(=O)C1=C(c2ccccc2)N(CC)C(=O)NC1c1cccc(Br)c1. The fourth-order valence-electron chi connectivity index (χ4n) is 3.23. The molecule has 2 aromatic carbocycles. The standard InChI is InChI=1S/C21H21BrN2O3/c1-3-24-19(14-9-6-5-7-10-14)17(20(25)27-4-2)18(23-21(24)26)15-11-8-12-16(22)13-15/h5-13,18H,3-4H2,1-2H3,(H,23,26). The van der Waals surface area contributed by atoms with Crippen LogP contribution in [0.2, 0.25) is 0 Å². The molecule has 0 saturated heterocycles. The van der Waals surface area contributed by atoms with Gasteiger partial charge in [0.25, 0.3) is 0 Å². The van der Waals surface area contributed by atoms with Crippen molar-refractivity contribution < 1.29 is 14.3 Å². The first-order valence-electron chi connectivity index (χ1n) is 8.87. The van der Waals surface area contributed by atoms with Gasteiger partial charge in [-0.1, -0.05) is 58.4 Å². The monoisotopic (exact) mass is 428 g/mol. The average Bonchev–Trinajstić information content (AvgIpc) is 2.68.